The van der Waals surface area contributed by atoms with E-state index in [1.54, 1.807) is 6.20 Å². The molecule has 112 valence electrons. The lowest BCUT2D eigenvalue weighted by Crippen LogP contribution is -2.33. The van der Waals surface area contributed by atoms with Gasteiger partial charge in [-0.2, -0.15) is 5.26 Å². The largest absolute Gasteiger partial charge is 0.370 e. The molecule has 1 aliphatic heterocycles. The Kier molecular flexibility index (Phi) is 3.81. The third kappa shape index (κ3) is 2.43. The summed E-state index contributed by atoms with van der Waals surface area (Å²) < 4.78 is 13.9. The number of nitriles is 1. The summed E-state index contributed by atoms with van der Waals surface area (Å²) in [4.78, 5) is 6.53. The topological polar surface area (TPSA) is 39.9 Å². The first kappa shape index (κ1) is 14.5. The number of aryl methyl sites for hydroxylation is 1. The fraction of sp³-hybridized carbons (Fsp3) is 0.333. The molecular formula is C18H18FN3. The van der Waals surface area contributed by atoms with Crippen molar-refractivity contribution in [1.29, 1.82) is 5.26 Å². The molecule has 0 N–H and O–H groups in total. The smallest absolute Gasteiger partial charge is 0.124 e. The van der Waals surface area contributed by atoms with Crippen molar-refractivity contribution < 1.29 is 4.39 Å². The van der Waals surface area contributed by atoms with E-state index in [0.717, 1.165) is 48.1 Å². The molecule has 3 nitrogen and oxygen atoms in total. The summed E-state index contributed by atoms with van der Waals surface area (Å²) in [5.41, 5.74) is 2.88. The number of rotatable bonds is 2. The van der Waals surface area contributed by atoms with Crippen molar-refractivity contribution >= 4 is 16.6 Å². The van der Waals surface area contributed by atoms with Gasteiger partial charge in [0.1, 0.15) is 11.9 Å². The number of anilines is 1. The fourth-order valence-electron chi connectivity index (χ4n) is 3.20. The molecule has 0 atom stereocenters. The normalized spacial score (nSPS) is 15.8. The van der Waals surface area contributed by atoms with Gasteiger partial charge < -0.3 is 4.90 Å². The molecule has 4 heteroatoms. The van der Waals surface area contributed by atoms with Gasteiger partial charge in [0, 0.05) is 24.7 Å². The molecule has 0 aliphatic carbocycles. The second-order valence-electron chi connectivity index (χ2n) is 5.81. The highest BCUT2D eigenvalue weighted by atomic mass is 19.1. The van der Waals surface area contributed by atoms with Crippen LogP contribution in [0.25, 0.3) is 10.9 Å². The van der Waals surface area contributed by atoms with Crippen LogP contribution in [-0.2, 0) is 0 Å². The number of aromatic nitrogens is 1. The molecule has 0 saturated carbocycles. The Hall–Kier alpha value is -2.41. The number of hydrogen-bond donors (Lipinski definition) is 0. The zero-order valence-electron chi connectivity index (χ0n) is 12.6. The molecule has 1 aliphatic rings. The first-order chi connectivity index (χ1) is 10.6. The number of halogens is 1. The summed E-state index contributed by atoms with van der Waals surface area (Å²) in [6, 6.07) is 5.17. The van der Waals surface area contributed by atoms with E-state index in [-0.39, 0.29) is 5.82 Å². The van der Waals surface area contributed by atoms with Crippen LogP contribution < -0.4 is 4.90 Å². The molecule has 2 aromatic rings. The van der Waals surface area contributed by atoms with E-state index in [2.05, 4.69) is 22.5 Å². The van der Waals surface area contributed by atoms with E-state index in [9.17, 15) is 9.65 Å². The van der Waals surface area contributed by atoms with Crippen molar-refractivity contribution in [2.24, 2.45) is 5.92 Å². The molecule has 0 unspecified atom stereocenters. The van der Waals surface area contributed by atoms with Crippen LogP contribution in [-0.4, -0.2) is 18.1 Å². The number of nitrogens with zero attached hydrogens (tertiary/aromatic N) is 3. The lowest BCUT2D eigenvalue weighted by atomic mass is 9.95. The van der Waals surface area contributed by atoms with Crippen molar-refractivity contribution in [1.82, 2.24) is 4.98 Å². The molecule has 0 amide bonds. The Labute approximate surface area is 129 Å². The van der Waals surface area contributed by atoms with E-state index in [0.29, 0.717) is 11.5 Å². The molecule has 1 aromatic heterocycles. The Morgan fingerprint density at radius 1 is 1.41 bits per heavy atom. The molecule has 1 saturated heterocycles. The summed E-state index contributed by atoms with van der Waals surface area (Å²) in [6.07, 6.45) is 5.61. The summed E-state index contributed by atoms with van der Waals surface area (Å²) in [5, 5.41) is 10.1. The molecular weight excluding hydrogens is 277 g/mol. The number of hydrogen-bond acceptors (Lipinski definition) is 3. The van der Waals surface area contributed by atoms with Crippen LogP contribution in [0.1, 0.15) is 24.0 Å². The summed E-state index contributed by atoms with van der Waals surface area (Å²) in [5.74, 6) is 0.234. The molecule has 1 fully saturated rings. The van der Waals surface area contributed by atoms with Gasteiger partial charge in [0.2, 0.25) is 0 Å². The molecule has 3 rings (SSSR count). The van der Waals surface area contributed by atoms with Crippen LogP contribution in [0.4, 0.5) is 10.1 Å². The highest BCUT2D eigenvalue weighted by Gasteiger charge is 2.22. The second kappa shape index (κ2) is 5.76. The second-order valence-corrected chi connectivity index (χ2v) is 5.81. The molecule has 0 radical (unpaired) electrons. The van der Waals surface area contributed by atoms with Crippen molar-refractivity contribution in [2.75, 3.05) is 18.0 Å². The highest BCUT2D eigenvalue weighted by Crippen LogP contribution is 2.34. The van der Waals surface area contributed by atoms with Crippen LogP contribution in [0.2, 0.25) is 0 Å². The first-order valence-corrected chi connectivity index (χ1v) is 7.50. The summed E-state index contributed by atoms with van der Waals surface area (Å²) in [7, 11) is 0. The van der Waals surface area contributed by atoms with Gasteiger partial charge in [-0.1, -0.05) is 6.08 Å². The van der Waals surface area contributed by atoms with Crippen molar-refractivity contribution in [3.8, 4) is 6.07 Å². The minimum Gasteiger partial charge on any atom is -0.370 e. The molecule has 2 heterocycles. The van der Waals surface area contributed by atoms with E-state index in [1.165, 1.54) is 12.1 Å². The molecule has 0 bridgehead atoms. The van der Waals surface area contributed by atoms with Gasteiger partial charge in [-0.25, -0.2) is 4.39 Å². The molecule has 0 spiro atoms. The minimum atomic E-state index is -0.288. The van der Waals surface area contributed by atoms with Gasteiger partial charge in [-0.3, -0.25) is 4.98 Å². The maximum Gasteiger partial charge on any atom is 0.124 e. The third-order valence-corrected chi connectivity index (χ3v) is 4.41. The van der Waals surface area contributed by atoms with Gasteiger partial charge in [0.15, 0.2) is 0 Å². The fourth-order valence-corrected chi connectivity index (χ4v) is 3.20. The lowest BCUT2D eigenvalue weighted by molar-refractivity contribution is 0.480. The maximum atomic E-state index is 13.9. The van der Waals surface area contributed by atoms with Crippen molar-refractivity contribution in [2.45, 2.75) is 19.8 Å². The molecule has 1 aromatic carbocycles. The zero-order valence-corrected chi connectivity index (χ0v) is 12.6. The number of piperidine rings is 1. The van der Waals surface area contributed by atoms with Crippen LogP contribution >= 0.6 is 0 Å². The number of allylic oxidation sites excluding steroid dienone is 1. The first-order valence-electron chi connectivity index (χ1n) is 7.50. The SMILES string of the molecule is C=CC1CCN(c2c(C#N)cnc3c(C)cc(F)cc23)CC1. The van der Waals surface area contributed by atoms with Gasteiger partial charge in [0.25, 0.3) is 0 Å². The number of pyridine rings is 1. The van der Waals surface area contributed by atoms with Gasteiger partial charge in [0.05, 0.1) is 16.8 Å². The van der Waals surface area contributed by atoms with Crippen molar-refractivity contribution in [3.63, 3.8) is 0 Å². The average Bonchev–Trinajstić information content (AvgIpc) is 2.53. The minimum absolute atomic E-state index is 0.288. The lowest BCUT2D eigenvalue weighted by Gasteiger charge is -2.33. The average molecular weight is 295 g/mol. The van der Waals surface area contributed by atoms with Crippen molar-refractivity contribution in [3.05, 3.63) is 47.9 Å². The highest BCUT2D eigenvalue weighted by molar-refractivity contribution is 5.96. The van der Waals surface area contributed by atoms with Crippen LogP contribution in [0.15, 0.2) is 31.0 Å². The predicted molar refractivity (Wildman–Crippen MR) is 86.3 cm³/mol. The van der Waals surface area contributed by atoms with Crippen LogP contribution in [0.5, 0.6) is 0 Å². The van der Waals surface area contributed by atoms with E-state index >= 15 is 0 Å². The van der Waals surface area contributed by atoms with E-state index in [1.807, 2.05) is 13.0 Å². The van der Waals surface area contributed by atoms with Crippen LogP contribution in [0, 0.1) is 30.0 Å². The van der Waals surface area contributed by atoms with E-state index in [4.69, 9.17) is 0 Å². The quantitative estimate of drug-likeness (QED) is 0.787. The standard InChI is InChI=1S/C18H18FN3/c1-3-13-4-6-22(7-5-13)18-14(10-20)11-21-17-12(2)8-15(19)9-16(17)18/h3,8-9,11,13H,1,4-7H2,2H3. The van der Waals surface area contributed by atoms with Gasteiger partial charge >= 0.3 is 0 Å². The van der Waals surface area contributed by atoms with Gasteiger partial charge in [-0.05, 0) is 43.4 Å². The molecule has 22 heavy (non-hydrogen) atoms. The van der Waals surface area contributed by atoms with Crippen LogP contribution in [0.3, 0.4) is 0 Å². The number of benzene rings is 1. The van der Waals surface area contributed by atoms with Gasteiger partial charge in [-0.15, -0.1) is 6.58 Å². The zero-order chi connectivity index (χ0) is 15.7. The maximum absolute atomic E-state index is 13.9. The Morgan fingerprint density at radius 2 is 2.14 bits per heavy atom. The van der Waals surface area contributed by atoms with E-state index < -0.39 is 0 Å². The number of fused-ring (bicyclic) bond motifs is 1. The Balaban J connectivity index is 2.15. The Morgan fingerprint density at radius 3 is 2.77 bits per heavy atom. The summed E-state index contributed by atoms with van der Waals surface area (Å²) >= 11 is 0. The summed E-state index contributed by atoms with van der Waals surface area (Å²) in [6.45, 7) is 7.40. The third-order valence-electron chi connectivity index (χ3n) is 4.41. The predicted octanol–water partition coefficient (Wildman–Crippen LogP) is 3.96. The monoisotopic (exact) mass is 295 g/mol. The Bertz CT molecular complexity index is 768.